The first-order chi connectivity index (χ1) is 12.3. The summed E-state index contributed by atoms with van der Waals surface area (Å²) in [5.41, 5.74) is 16.4. The van der Waals surface area contributed by atoms with Crippen LogP contribution in [-0.2, 0) is 6.42 Å². The summed E-state index contributed by atoms with van der Waals surface area (Å²) in [6.45, 7) is 1.79. The standard InChI is InChI=1S/C18H22N6O/c1-25-15-8-2-5-12(17(15)19)18-21-16(22-23-18)11-24-10-4-6-13-14(24)7-3-9-20-13/h2-3,5,7-9,16,22H,4,6,10-11,19H2,1H3,(H,21,23). The van der Waals surface area contributed by atoms with Crippen molar-refractivity contribution in [2.24, 2.45) is 4.99 Å². The summed E-state index contributed by atoms with van der Waals surface area (Å²) < 4.78 is 5.29. The third-order valence-electron chi connectivity index (χ3n) is 4.63. The summed E-state index contributed by atoms with van der Waals surface area (Å²) in [7, 11) is 1.61. The number of amidine groups is 1. The lowest BCUT2D eigenvalue weighted by atomic mass is 10.1. The molecule has 25 heavy (non-hydrogen) atoms. The molecule has 1 atom stereocenters. The number of hydrazine groups is 1. The number of rotatable bonds is 4. The van der Waals surface area contributed by atoms with Gasteiger partial charge in [-0.2, -0.15) is 0 Å². The van der Waals surface area contributed by atoms with Crippen LogP contribution in [0.2, 0.25) is 0 Å². The highest BCUT2D eigenvalue weighted by atomic mass is 16.5. The van der Waals surface area contributed by atoms with Crippen LogP contribution in [0.3, 0.4) is 0 Å². The van der Waals surface area contributed by atoms with Crippen LogP contribution >= 0.6 is 0 Å². The molecule has 4 N–H and O–H groups in total. The van der Waals surface area contributed by atoms with Crippen molar-refractivity contribution in [2.75, 3.05) is 30.8 Å². The Labute approximate surface area is 146 Å². The predicted octanol–water partition coefficient (Wildman–Crippen LogP) is 1.31. The lowest BCUT2D eigenvalue weighted by Gasteiger charge is -2.31. The number of nitrogens with one attached hydrogen (secondary N) is 2. The van der Waals surface area contributed by atoms with Gasteiger partial charge in [-0.05, 0) is 37.1 Å². The van der Waals surface area contributed by atoms with Gasteiger partial charge in [0.15, 0.2) is 0 Å². The van der Waals surface area contributed by atoms with Crippen molar-refractivity contribution < 1.29 is 4.74 Å². The van der Waals surface area contributed by atoms with Gasteiger partial charge in [0.1, 0.15) is 17.8 Å². The Morgan fingerprint density at radius 3 is 3.12 bits per heavy atom. The molecule has 1 aromatic carbocycles. The molecular weight excluding hydrogens is 316 g/mol. The molecule has 2 aliphatic rings. The second-order valence-electron chi connectivity index (χ2n) is 6.20. The summed E-state index contributed by atoms with van der Waals surface area (Å²) in [6.07, 6.45) is 3.97. The quantitative estimate of drug-likeness (QED) is 0.729. The molecule has 2 aliphatic heterocycles. The van der Waals surface area contributed by atoms with Crippen LogP contribution in [0.4, 0.5) is 11.4 Å². The second-order valence-corrected chi connectivity index (χ2v) is 6.20. The van der Waals surface area contributed by atoms with Crippen LogP contribution in [-0.4, -0.2) is 37.2 Å². The first kappa shape index (κ1) is 15.7. The van der Waals surface area contributed by atoms with E-state index < -0.39 is 0 Å². The van der Waals surface area contributed by atoms with Crippen LogP contribution in [0.1, 0.15) is 17.7 Å². The van der Waals surface area contributed by atoms with Gasteiger partial charge in [-0.25, -0.2) is 10.4 Å². The predicted molar refractivity (Wildman–Crippen MR) is 98.8 cm³/mol. The Kier molecular flexibility index (Phi) is 4.15. The molecule has 0 amide bonds. The smallest absolute Gasteiger partial charge is 0.146 e. The summed E-state index contributed by atoms with van der Waals surface area (Å²) in [5, 5.41) is 0. The maximum absolute atomic E-state index is 6.17. The summed E-state index contributed by atoms with van der Waals surface area (Å²) >= 11 is 0. The molecule has 0 radical (unpaired) electrons. The minimum atomic E-state index is -0.0493. The Hall–Kier alpha value is -2.80. The first-order valence-electron chi connectivity index (χ1n) is 8.47. The van der Waals surface area contributed by atoms with E-state index in [0.717, 1.165) is 37.3 Å². The number of nitrogen functional groups attached to an aromatic ring is 1. The maximum Gasteiger partial charge on any atom is 0.146 e. The van der Waals surface area contributed by atoms with Gasteiger partial charge in [0.2, 0.25) is 0 Å². The lowest BCUT2D eigenvalue weighted by molar-refractivity contribution is 0.417. The van der Waals surface area contributed by atoms with Gasteiger partial charge in [-0.1, -0.05) is 6.07 Å². The molecule has 7 heteroatoms. The Balaban J connectivity index is 1.53. The van der Waals surface area contributed by atoms with E-state index in [1.807, 2.05) is 30.5 Å². The van der Waals surface area contributed by atoms with E-state index in [4.69, 9.17) is 15.5 Å². The number of methoxy groups -OCH3 is 1. The zero-order chi connectivity index (χ0) is 17.2. The average molecular weight is 338 g/mol. The zero-order valence-electron chi connectivity index (χ0n) is 14.2. The Morgan fingerprint density at radius 2 is 2.24 bits per heavy atom. The number of fused-ring (bicyclic) bond motifs is 1. The van der Waals surface area contributed by atoms with Crippen molar-refractivity contribution in [2.45, 2.75) is 19.0 Å². The van der Waals surface area contributed by atoms with Crippen LogP contribution in [0, 0.1) is 0 Å². The minimum Gasteiger partial charge on any atom is -0.495 e. The van der Waals surface area contributed by atoms with Gasteiger partial charge in [-0.15, -0.1) is 0 Å². The molecular formula is C18H22N6O. The zero-order valence-corrected chi connectivity index (χ0v) is 14.2. The van der Waals surface area contributed by atoms with Crippen molar-refractivity contribution in [1.82, 2.24) is 15.8 Å². The molecule has 1 unspecified atom stereocenters. The number of aromatic nitrogens is 1. The molecule has 0 fully saturated rings. The number of benzene rings is 1. The number of pyridine rings is 1. The number of ether oxygens (including phenoxy) is 1. The third-order valence-corrected chi connectivity index (χ3v) is 4.63. The van der Waals surface area contributed by atoms with Crippen LogP contribution in [0.25, 0.3) is 0 Å². The molecule has 0 spiro atoms. The number of para-hydroxylation sites is 1. The second kappa shape index (κ2) is 6.60. The van der Waals surface area contributed by atoms with Crippen LogP contribution in [0.15, 0.2) is 41.5 Å². The van der Waals surface area contributed by atoms with Crippen LogP contribution in [0.5, 0.6) is 5.75 Å². The van der Waals surface area contributed by atoms with Gasteiger partial charge in [0.25, 0.3) is 0 Å². The molecule has 1 aromatic heterocycles. The van der Waals surface area contributed by atoms with Crippen molar-refractivity contribution in [3.63, 3.8) is 0 Å². The fraction of sp³-hybridized carbons (Fsp3) is 0.333. The fourth-order valence-electron chi connectivity index (χ4n) is 3.39. The molecule has 3 heterocycles. The van der Waals surface area contributed by atoms with Crippen molar-refractivity contribution in [1.29, 1.82) is 0 Å². The van der Waals surface area contributed by atoms with E-state index in [1.54, 1.807) is 7.11 Å². The monoisotopic (exact) mass is 338 g/mol. The van der Waals surface area contributed by atoms with Gasteiger partial charge < -0.3 is 20.8 Å². The molecule has 4 rings (SSSR count). The third kappa shape index (κ3) is 2.98. The van der Waals surface area contributed by atoms with Crippen LogP contribution < -0.4 is 26.2 Å². The molecule has 130 valence electrons. The average Bonchev–Trinajstić information content (AvgIpc) is 3.10. The Bertz CT molecular complexity index is 806. The van der Waals surface area contributed by atoms with E-state index in [-0.39, 0.29) is 6.17 Å². The highest BCUT2D eigenvalue weighted by Crippen LogP contribution is 2.27. The highest BCUT2D eigenvalue weighted by Gasteiger charge is 2.25. The van der Waals surface area contributed by atoms with Gasteiger partial charge in [0.05, 0.1) is 30.7 Å². The highest BCUT2D eigenvalue weighted by molar-refractivity contribution is 6.04. The van der Waals surface area contributed by atoms with Crippen molar-refractivity contribution >= 4 is 17.2 Å². The molecule has 0 saturated heterocycles. The normalized spacial score (nSPS) is 19.2. The van der Waals surface area contributed by atoms with E-state index in [2.05, 4.69) is 26.8 Å². The van der Waals surface area contributed by atoms with Crippen molar-refractivity contribution in [3.05, 3.63) is 47.8 Å². The fourth-order valence-corrected chi connectivity index (χ4v) is 3.39. The number of aliphatic imine (C=N–C) groups is 1. The van der Waals surface area contributed by atoms with E-state index in [1.165, 1.54) is 11.4 Å². The molecule has 0 saturated carbocycles. The van der Waals surface area contributed by atoms with Gasteiger partial charge in [0, 0.05) is 18.3 Å². The number of aryl methyl sites for hydroxylation is 1. The van der Waals surface area contributed by atoms with Crippen molar-refractivity contribution in [3.8, 4) is 5.75 Å². The Morgan fingerprint density at radius 1 is 1.32 bits per heavy atom. The van der Waals surface area contributed by atoms with E-state index in [0.29, 0.717) is 11.4 Å². The minimum absolute atomic E-state index is 0.0493. The largest absolute Gasteiger partial charge is 0.495 e. The number of hydrogen-bond donors (Lipinski definition) is 3. The van der Waals surface area contributed by atoms with E-state index >= 15 is 0 Å². The van der Waals surface area contributed by atoms with E-state index in [9.17, 15) is 0 Å². The first-order valence-corrected chi connectivity index (χ1v) is 8.47. The van der Waals surface area contributed by atoms with Gasteiger partial charge in [-0.3, -0.25) is 4.98 Å². The maximum atomic E-state index is 6.17. The molecule has 0 aliphatic carbocycles. The number of hydrogen-bond acceptors (Lipinski definition) is 7. The summed E-state index contributed by atoms with van der Waals surface area (Å²) in [5.74, 6) is 1.39. The number of nitrogens with zero attached hydrogens (tertiary/aromatic N) is 3. The van der Waals surface area contributed by atoms with Gasteiger partial charge >= 0.3 is 0 Å². The molecule has 7 nitrogen and oxygen atoms in total. The molecule has 0 bridgehead atoms. The SMILES string of the molecule is COc1cccc(C2=NC(CN3CCCc4ncccc43)NN2)c1N. The topological polar surface area (TPSA) is 87.8 Å². The number of nitrogens with two attached hydrogens (primary N) is 1. The summed E-state index contributed by atoms with van der Waals surface area (Å²) in [6, 6.07) is 9.82. The number of anilines is 2. The lowest BCUT2D eigenvalue weighted by Crippen LogP contribution is -2.43. The molecule has 2 aromatic rings. The summed E-state index contributed by atoms with van der Waals surface area (Å²) in [4.78, 5) is 11.6.